The number of allylic oxidation sites excluding steroid dienone is 1. The van der Waals surface area contributed by atoms with E-state index in [1.54, 1.807) is 0 Å². The Bertz CT molecular complexity index is 940. The molecule has 5 rings (SSSR count). The van der Waals surface area contributed by atoms with E-state index in [0.717, 1.165) is 51.1 Å². The Kier molecular flexibility index (Phi) is 5.14. The first-order valence-corrected chi connectivity index (χ1v) is 12.4. The predicted molar refractivity (Wildman–Crippen MR) is 126 cm³/mol. The molecule has 2 aliphatic heterocycles. The summed E-state index contributed by atoms with van der Waals surface area (Å²) in [5.74, 6) is 1.03. The fraction of sp³-hybridized carbons (Fsp3) is 0.520. The van der Waals surface area contributed by atoms with Crippen LogP contribution < -0.4 is 5.32 Å². The number of aryl methyl sites for hydroxylation is 2. The van der Waals surface area contributed by atoms with Crippen molar-refractivity contribution in [3.05, 3.63) is 65.4 Å². The molecule has 0 amide bonds. The second kappa shape index (κ2) is 7.69. The number of piperidine rings is 1. The van der Waals surface area contributed by atoms with Crippen LogP contribution in [0.15, 0.2) is 42.9 Å². The lowest BCUT2D eigenvalue weighted by Gasteiger charge is -2.40. The highest BCUT2D eigenvalue weighted by molar-refractivity contribution is 7.99. The zero-order chi connectivity index (χ0) is 20.8. The van der Waals surface area contributed by atoms with Crippen LogP contribution in [0, 0.1) is 6.92 Å². The topological polar surface area (TPSA) is 41.0 Å². The molecular weight excluding hydrogens is 388 g/mol. The Morgan fingerprint density at radius 2 is 1.87 bits per heavy atom. The smallest absolute Gasteiger partial charge is 0.144 e. The van der Waals surface area contributed by atoms with E-state index in [-0.39, 0.29) is 10.2 Å². The van der Waals surface area contributed by atoms with Crippen LogP contribution in [0.4, 0.5) is 5.69 Å². The highest BCUT2D eigenvalue weighted by Gasteiger charge is 2.46. The molecule has 4 nitrogen and oxygen atoms in total. The number of thioether (sulfide) groups is 1. The lowest BCUT2D eigenvalue weighted by atomic mass is 9.72. The largest absolute Gasteiger partial charge is 0.358 e. The summed E-state index contributed by atoms with van der Waals surface area (Å²) < 4.78 is 0.221. The van der Waals surface area contributed by atoms with Gasteiger partial charge in [0.15, 0.2) is 0 Å². The minimum Gasteiger partial charge on any atom is -0.358 e. The zero-order valence-corrected chi connectivity index (χ0v) is 19.0. The van der Waals surface area contributed by atoms with Gasteiger partial charge in [-0.15, -0.1) is 0 Å². The van der Waals surface area contributed by atoms with Crippen LogP contribution >= 0.6 is 11.8 Å². The van der Waals surface area contributed by atoms with Gasteiger partial charge in [-0.2, -0.15) is 11.8 Å². The number of rotatable bonds is 6. The molecule has 1 spiro atoms. The molecule has 30 heavy (non-hydrogen) atoms. The molecule has 158 valence electrons. The van der Waals surface area contributed by atoms with E-state index in [9.17, 15) is 0 Å². The second-order valence-electron chi connectivity index (χ2n) is 9.29. The van der Waals surface area contributed by atoms with Crippen LogP contribution in [0.1, 0.15) is 54.6 Å². The molecule has 2 aromatic rings. The van der Waals surface area contributed by atoms with Gasteiger partial charge in [-0.1, -0.05) is 24.3 Å². The standard InChI is InChI=1S/C25H32N4S/c1-18-6-7-22-21(15-18)24(19(2)28-22)10-13-29(14-11-24)12-4-5-20-16-26-23(27-17-20)25(30-3)8-9-25/h6-7,15-17,28H,2,4-5,8-14H2,1,3H3. The number of hydrogen-bond acceptors (Lipinski definition) is 5. The quantitative estimate of drug-likeness (QED) is 0.709. The lowest BCUT2D eigenvalue weighted by molar-refractivity contribution is 0.179. The molecule has 0 bridgehead atoms. The summed E-state index contributed by atoms with van der Waals surface area (Å²) in [7, 11) is 0. The van der Waals surface area contributed by atoms with E-state index in [1.165, 1.54) is 40.9 Å². The summed E-state index contributed by atoms with van der Waals surface area (Å²) in [6.07, 6.45) is 13.3. The van der Waals surface area contributed by atoms with Gasteiger partial charge < -0.3 is 10.2 Å². The molecule has 0 unspecified atom stereocenters. The maximum atomic E-state index is 4.67. The molecule has 1 saturated carbocycles. The highest BCUT2D eigenvalue weighted by Crippen LogP contribution is 2.54. The van der Waals surface area contributed by atoms with Crippen molar-refractivity contribution >= 4 is 17.4 Å². The van der Waals surface area contributed by atoms with Gasteiger partial charge in [-0.3, -0.25) is 0 Å². The third-order valence-electron chi connectivity index (χ3n) is 7.41. The molecule has 1 aromatic heterocycles. The molecule has 1 aliphatic carbocycles. The van der Waals surface area contributed by atoms with Gasteiger partial charge >= 0.3 is 0 Å². The summed E-state index contributed by atoms with van der Waals surface area (Å²) in [5.41, 5.74) is 6.64. The van der Waals surface area contributed by atoms with Gasteiger partial charge in [0, 0.05) is 29.2 Å². The van der Waals surface area contributed by atoms with E-state index < -0.39 is 0 Å². The van der Waals surface area contributed by atoms with Crippen LogP contribution in [0.5, 0.6) is 0 Å². The Balaban J connectivity index is 1.14. The molecule has 0 radical (unpaired) electrons. The van der Waals surface area contributed by atoms with Gasteiger partial charge in [0.25, 0.3) is 0 Å². The zero-order valence-electron chi connectivity index (χ0n) is 18.2. The van der Waals surface area contributed by atoms with Crippen molar-refractivity contribution in [2.24, 2.45) is 0 Å². The Hall–Kier alpha value is -1.85. The molecule has 1 saturated heterocycles. The van der Waals surface area contributed by atoms with E-state index in [0.29, 0.717) is 0 Å². The van der Waals surface area contributed by atoms with Gasteiger partial charge in [-0.25, -0.2) is 9.97 Å². The monoisotopic (exact) mass is 420 g/mol. The van der Waals surface area contributed by atoms with Crippen molar-refractivity contribution in [1.82, 2.24) is 14.9 Å². The fourth-order valence-corrected chi connectivity index (χ4v) is 5.99. The molecule has 3 aliphatic rings. The summed E-state index contributed by atoms with van der Waals surface area (Å²) in [5, 5.41) is 3.56. The van der Waals surface area contributed by atoms with Crippen LogP contribution in [-0.2, 0) is 16.6 Å². The number of nitrogens with zero attached hydrogens (tertiary/aromatic N) is 3. The van der Waals surface area contributed by atoms with E-state index in [4.69, 9.17) is 0 Å². The molecule has 1 N–H and O–H groups in total. The SMILES string of the molecule is C=C1Nc2ccc(C)cc2C12CCN(CCCc1cnc(C3(SC)CC3)nc1)CC2. The Morgan fingerprint density at radius 1 is 1.13 bits per heavy atom. The molecule has 2 fully saturated rings. The number of benzene rings is 1. The first kappa shape index (κ1) is 20.1. The molecule has 3 heterocycles. The summed E-state index contributed by atoms with van der Waals surface area (Å²) in [4.78, 5) is 12.0. The molecular formula is C25H32N4S. The van der Waals surface area contributed by atoms with Crippen LogP contribution in [-0.4, -0.2) is 40.8 Å². The Morgan fingerprint density at radius 3 is 2.53 bits per heavy atom. The summed E-state index contributed by atoms with van der Waals surface area (Å²) in [6, 6.07) is 6.77. The van der Waals surface area contributed by atoms with Gasteiger partial charge in [0.1, 0.15) is 5.82 Å². The third kappa shape index (κ3) is 3.46. The highest BCUT2D eigenvalue weighted by atomic mass is 32.2. The number of aromatic nitrogens is 2. The number of hydrogen-bond donors (Lipinski definition) is 1. The first-order valence-electron chi connectivity index (χ1n) is 11.2. The van der Waals surface area contributed by atoms with Gasteiger partial charge in [0.05, 0.1) is 4.75 Å². The average molecular weight is 421 g/mol. The minimum atomic E-state index is 0.123. The molecule has 5 heteroatoms. The minimum absolute atomic E-state index is 0.123. The van der Waals surface area contributed by atoms with E-state index in [1.807, 2.05) is 11.8 Å². The van der Waals surface area contributed by atoms with Crippen LogP contribution in [0.3, 0.4) is 0 Å². The second-order valence-corrected chi connectivity index (χ2v) is 10.5. The van der Waals surface area contributed by atoms with Gasteiger partial charge in [-0.05, 0) is 88.5 Å². The van der Waals surface area contributed by atoms with Crippen molar-refractivity contribution in [3.8, 4) is 0 Å². The van der Waals surface area contributed by atoms with Crippen molar-refractivity contribution in [2.75, 3.05) is 31.2 Å². The van der Waals surface area contributed by atoms with Crippen molar-refractivity contribution in [3.63, 3.8) is 0 Å². The van der Waals surface area contributed by atoms with Crippen molar-refractivity contribution in [2.45, 2.75) is 55.6 Å². The van der Waals surface area contributed by atoms with E-state index >= 15 is 0 Å². The third-order valence-corrected chi connectivity index (χ3v) is 8.78. The lowest BCUT2D eigenvalue weighted by Crippen LogP contribution is -2.43. The van der Waals surface area contributed by atoms with E-state index in [2.05, 4.69) is 70.5 Å². The van der Waals surface area contributed by atoms with Crippen LogP contribution in [0.25, 0.3) is 0 Å². The number of nitrogens with one attached hydrogen (secondary N) is 1. The summed E-state index contributed by atoms with van der Waals surface area (Å²) >= 11 is 1.90. The maximum Gasteiger partial charge on any atom is 0.144 e. The fourth-order valence-electron chi connectivity index (χ4n) is 5.20. The molecule has 0 atom stereocenters. The van der Waals surface area contributed by atoms with Crippen molar-refractivity contribution < 1.29 is 0 Å². The first-order chi connectivity index (χ1) is 14.5. The van der Waals surface area contributed by atoms with Crippen LogP contribution in [0.2, 0.25) is 0 Å². The molecule has 1 aromatic carbocycles. The average Bonchev–Trinajstić information content (AvgIpc) is 3.53. The normalized spacial score (nSPS) is 21.5. The number of anilines is 1. The predicted octanol–water partition coefficient (Wildman–Crippen LogP) is 5.04. The Labute approximate surface area is 184 Å². The number of likely N-dealkylation sites (tertiary alicyclic amines) is 1. The van der Waals surface area contributed by atoms with Gasteiger partial charge in [0.2, 0.25) is 0 Å². The maximum absolute atomic E-state index is 4.67. The summed E-state index contributed by atoms with van der Waals surface area (Å²) in [6.45, 7) is 10.0. The number of fused-ring (bicyclic) bond motifs is 2. The van der Waals surface area contributed by atoms with Crippen molar-refractivity contribution in [1.29, 1.82) is 0 Å².